The minimum Gasteiger partial charge on any atom is -0.383 e. The van der Waals surface area contributed by atoms with E-state index in [0.717, 1.165) is 54.6 Å². The summed E-state index contributed by atoms with van der Waals surface area (Å²) in [7, 11) is 1.68. The van der Waals surface area contributed by atoms with Crippen LogP contribution in [0.2, 0.25) is 0 Å². The number of pyridine rings is 1. The second kappa shape index (κ2) is 8.09. The van der Waals surface area contributed by atoms with Gasteiger partial charge in [0, 0.05) is 50.5 Å². The maximum absolute atomic E-state index is 11.4. The Morgan fingerprint density at radius 3 is 2.92 bits per heavy atom. The molecule has 0 fully saturated rings. The number of anilines is 2. The molecule has 3 N–H and O–H groups in total. The number of aryl methyl sites for hydroxylation is 1. The lowest BCUT2D eigenvalue weighted by molar-refractivity contribution is 0.1000. The molecule has 8 heteroatoms. The number of primary amides is 1. The van der Waals surface area contributed by atoms with Gasteiger partial charge in [0.2, 0.25) is 5.91 Å². The van der Waals surface area contributed by atoms with Gasteiger partial charge in [-0.1, -0.05) is 0 Å². The standard InChI is InChI=1S/C18H24N6O2/c1-12-22-15-5-9-24(16-11-13(17(19)25)3-6-20-16)8-4-14(15)18(23-12)21-7-10-26-2/h3,6,11H,4-5,7-10H2,1-2H3,(H2,19,25)(H,21,22,23). The molecule has 0 radical (unpaired) electrons. The van der Waals surface area contributed by atoms with Crippen LogP contribution in [0.15, 0.2) is 18.3 Å². The van der Waals surface area contributed by atoms with Crippen LogP contribution in [0.5, 0.6) is 0 Å². The summed E-state index contributed by atoms with van der Waals surface area (Å²) in [6.45, 7) is 4.77. The van der Waals surface area contributed by atoms with E-state index in [1.54, 1.807) is 25.4 Å². The molecule has 3 heterocycles. The minimum absolute atomic E-state index is 0.446. The zero-order chi connectivity index (χ0) is 18.5. The lowest BCUT2D eigenvalue weighted by Crippen LogP contribution is -2.27. The third kappa shape index (κ3) is 4.08. The van der Waals surface area contributed by atoms with E-state index in [1.807, 2.05) is 6.92 Å². The first-order chi connectivity index (χ1) is 12.6. The van der Waals surface area contributed by atoms with Gasteiger partial charge in [-0.2, -0.15) is 0 Å². The van der Waals surface area contributed by atoms with Gasteiger partial charge in [0.25, 0.3) is 0 Å². The molecule has 0 saturated heterocycles. The summed E-state index contributed by atoms with van der Waals surface area (Å²) >= 11 is 0. The number of methoxy groups -OCH3 is 1. The number of hydrogen-bond donors (Lipinski definition) is 2. The Morgan fingerprint density at radius 2 is 2.15 bits per heavy atom. The first-order valence-corrected chi connectivity index (χ1v) is 8.68. The van der Waals surface area contributed by atoms with Gasteiger partial charge < -0.3 is 20.7 Å². The molecule has 3 rings (SSSR count). The summed E-state index contributed by atoms with van der Waals surface area (Å²) in [6, 6.07) is 3.37. The number of nitrogens with one attached hydrogen (secondary N) is 1. The van der Waals surface area contributed by atoms with Crippen molar-refractivity contribution in [3.05, 3.63) is 41.0 Å². The van der Waals surface area contributed by atoms with Gasteiger partial charge in [0.05, 0.1) is 12.3 Å². The van der Waals surface area contributed by atoms with Crippen LogP contribution < -0.4 is 16.0 Å². The van der Waals surface area contributed by atoms with Crippen molar-refractivity contribution < 1.29 is 9.53 Å². The number of ether oxygens (including phenoxy) is 1. The lowest BCUT2D eigenvalue weighted by Gasteiger charge is -2.21. The third-order valence-corrected chi connectivity index (χ3v) is 4.41. The fourth-order valence-electron chi connectivity index (χ4n) is 3.11. The molecule has 0 spiro atoms. The highest BCUT2D eigenvalue weighted by molar-refractivity contribution is 5.93. The highest BCUT2D eigenvalue weighted by Gasteiger charge is 2.20. The first-order valence-electron chi connectivity index (χ1n) is 8.68. The van der Waals surface area contributed by atoms with Crippen LogP contribution in [-0.2, 0) is 17.6 Å². The van der Waals surface area contributed by atoms with E-state index < -0.39 is 5.91 Å². The molecule has 1 aliphatic rings. The normalized spacial score (nSPS) is 13.8. The minimum atomic E-state index is -0.446. The van der Waals surface area contributed by atoms with E-state index >= 15 is 0 Å². The predicted octanol–water partition coefficient (Wildman–Crippen LogP) is 0.942. The van der Waals surface area contributed by atoms with E-state index in [9.17, 15) is 4.79 Å². The van der Waals surface area contributed by atoms with Crippen LogP contribution in [0, 0.1) is 6.92 Å². The summed E-state index contributed by atoms with van der Waals surface area (Å²) < 4.78 is 5.11. The number of carbonyl (C=O) groups excluding carboxylic acids is 1. The highest BCUT2D eigenvalue weighted by atomic mass is 16.5. The van der Waals surface area contributed by atoms with Crippen LogP contribution in [0.1, 0.15) is 27.4 Å². The first kappa shape index (κ1) is 18.1. The number of aromatic nitrogens is 3. The summed E-state index contributed by atoms with van der Waals surface area (Å²) in [4.78, 5) is 27.2. The maximum Gasteiger partial charge on any atom is 0.248 e. The molecule has 1 aliphatic heterocycles. The maximum atomic E-state index is 11.4. The van der Waals surface area contributed by atoms with Crippen LogP contribution >= 0.6 is 0 Å². The van der Waals surface area contributed by atoms with Crippen LogP contribution in [0.25, 0.3) is 0 Å². The van der Waals surface area contributed by atoms with Gasteiger partial charge in [-0.15, -0.1) is 0 Å². The molecule has 26 heavy (non-hydrogen) atoms. The molecular formula is C18H24N6O2. The average molecular weight is 356 g/mol. The fourth-order valence-corrected chi connectivity index (χ4v) is 3.11. The van der Waals surface area contributed by atoms with Gasteiger partial charge >= 0.3 is 0 Å². The highest BCUT2D eigenvalue weighted by Crippen LogP contribution is 2.24. The van der Waals surface area contributed by atoms with Crippen LogP contribution in [0.3, 0.4) is 0 Å². The predicted molar refractivity (Wildman–Crippen MR) is 99.5 cm³/mol. The van der Waals surface area contributed by atoms with E-state index in [-0.39, 0.29) is 0 Å². The molecule has 1 amide bonds. The summed E-state index contributed by atoms with van der Waals surface area (Å²) in [5.74, 6) is 1.95. The van der Waals surface area contributed by atoms with E-state index in [1.165, 1.54) is 0 Å². The quantitative estimate of drug-likeness (QED) is 0.742. The van der Waals surface area contributed by atoms with Gasteiger partial charge in [0.1, 0.15) is 17.5 Å². The van der Waals surface area contributed by atoms with Crippen molar-refractivity contribution >= 4 is 17.5 Å². The Labute approximate surface area is 152 Å². The smallest absolute Gasteiger partial charge is 0.248 e. The van der Waals surface area contributed by atoms with Gasteiger partial charge in [0.15, 0.2) is 0 Å². The Balaban J connectivity index is 1.81. The summed E-state index contributed by atoms with van der Waals surface area (Å²) in [5, 5.41) is 3.35. The number of nitrogens with zero attached hydrogens (tertiary/aromatic N) is 4. The molecule has 0 unspecified atom stereocenters. The summed E-state index contributed by atoms with van der Waals surface area (Å²) in [6.07, 6.45) is 3.21. The average Bonchev–Trinajstić information content (AvgIpc) is 2.84. The number of nitrogens with two attached hydrogens (primary N) is 1. The van der Waals surface area contributed by atoms with Crippen molar-refractivity contribution in [2.24, 2.45) is 5.73 Å². The number of carbonyl (C=O) groups is 1. The van der Waals surface area contributed by atoms with Gasteiger partial charge in [-0.25, -0.2) is 15.0 Å². The second-order valence-corrected chi connectivity index (χ2v) is 6.22. The van der Waals surface area contributed by atoms with E-state index in [0.29, 0.717) is 18.7 Å². The van der Waals surface area contributed by atoms with Crippen molar-refractivity contribution in [2.45, 2.75) is 19.8 Å². The van der Waals surface area contributed by atoms with E-state index in [4.69, 9.17) is 10.5 Å². The Morgan fingerprint density at radius 1 is 1.35 bits per heavy atom. The SMILES string of the molecule is COCCNc1nc(C)nc2c1CCN(c1cc(C(N)=O)ccn1)CC2. The molecular weight excluding hydrogens is 332 g/mol. The van der Waals surface area contributed by atoms with Crippen molar-refractivity contribution in [3.63, 3.8) is 0 Å². The molecule has 0 bridgehead atoms. The number of amides is 1. The number of rotatable bonds is 6. The lowest BCUT2D eigenvalue weighted by atomic mass is 10.1. The van der Waals surface area contributed by atoms with Gasteiger partial charge in [-0.05, 0) is 25.5 Å². The molecule has 0 aliphatic carbocycles. The van der Waals surface area contributed by atoms with Crippen molar-refractivity contribution in [2.75, 3.05) is 43.6 Å². The Bertz CT molecular complexity index is 795. The summed E-state index contributed by atoms with van der Waals surface area (Å²) in [5.41, 5.74) is 8.05. The topological polar surface area (TPSA) is 106 Å². The molecule has 8 nitrogen and oxygen atoms in total. The molecule has 2 aromatic heterocycles. The van der Waals surface area contributed by atoms with Crippen LogP contribution in [0.4, 0.5) is 11.6 Å². The molecule has 0 atom stereocenters. The second-order valence-electron chi connectivity index (χ2n) is 6.22. The van der Waals surface area contributed by atoms with Crippen LogP contribution in [-0.4, -0.2) is 54.2 Å². The van der Waals surface area contributed by atoms with Gasteiger partial charge in [-0.3, -0.25) is 4.79 Å². The molecule has 2 aromatic rings. The van der Waals surface area contributed by atoms with E-state index in [2.05, 4.69) is 25.2 Å². The molecule has 138 valence electrons. The zero-order valence-corrected chi connectivity index (χ0v) is 15.2. The largest absolute Gasteiger partial charge is 0.383 e. The number of fused-ring (bicyclic) bond motifs is 1. The zero-order valence-electron chi connectivity index (χ0n) is 15.2. The Kier molecular flexibility index (Phi) is 5.62. The third-order valence-electron chi connectivity index (χ3n) is 4.41. The van der Waals surface area contributed by atoms with Crippen molar-refractivity contribution in [3.8, 4) is 0 Å². The fraction of sp³-hybridized carbons (Fsp3) is 0.444. The monoisotopic (exact) mass is 356 g/mol. The molecule has 0 aromatic carbocycles. The van der Waals surface area contributed by atoms with Crippen molar-refractivity contribution in [1.82, 2.24) is 15.0 Å². The number of hydrogen-bond acceptors (Lipinski definition) is 7. The Hall–Kier alpha value is -2.74. The van der Waals surface area contributed by atoms with Crippen molar-refractivity contribution in [1.29, 1.82) is 0 Å². The molecule has 0 saturated carbocycles.